The Morgan fingerprint density at radius 2 is 2.22 bits per heavy atom. The summed E-state index contributed by atoms with van der Waals surface area (Å²) in [5.41, 5.74) is -0.0767. The molecule has 2 fully saturated rings. The number of amides is 1. The Morgan fingerprint density at radius 3 is 2.87 bits per heavy atom. The van der Waals surface area contributed by atoms with Crippen LogP contribution in [0.25, 0.3) is 0 Å². The molecule has 0 radical (unpaired) electrons. The molecule has 0 aromatic heterocycles. The number of aromatic hydroxyl groups is 1. The van der Waals surface area contributed by atoms with E-state index in [2.05, 4.69) is 11.8 Å². The van der Waals surface area contributed by atoms with E-state index in [1.165, 1.54) is 12.1 Å². The Labute approximate surface area is 134 Å². The highest BCUT2D eigenvalue weighted by Crippen LogP contribution is 2.30. The van der Waals surface area contributed by atoms with Crippen LogP contribution in [0.2, 0.25) is 0 Å². The van der Waals surface area contributed by atoms with E-state index in [0.29, 0.717) is 12.6 Å². The maximum absolute atomic E-state index is 12.8. The fourth-order valence-electron chi connectivity index (χ4n) is 3.66. The molecule has 0 spiro atoms. The van der Waals surface area contributed by atoms with Gasteiger partial charge in [-0.15, -0.1) is 0 Å². The Bertz CT molecular complexity index is 634. The van der Waals surface area contributed by atoms with Crippen molar-refractivity contribution in [3.63, 3.8) is 0 Å². The fraction of sp³-hybridized carbons (Fsp3) is 0.562. The highest BCUT2D eigenvalue weighted by molar-refractivity contribution is 5.97. The molecule has 2 atom stereocenters. The molecule has 2 saturated heterocycles. The number of carbonyl (C=O) groups excluding carboxylic acids is 1. The summed E-state index contributed by atoms with van der Waals surface area (Å²) in [4.78, 5) is 27.3. The summed E-state index contributed by atoms with van der Waals surface area (Å²) < 4.78 is 0. The van der Waals surface area contributed by atoms with Crippen LogP contribution in [0.15, 0.2) is 18.2 Å². The molecule has 0 aliphatic carbocycles. The molecule has 7 heteroatoms. The van der Waals surface area contributed by atoms with E-state index in [1.807, 2.05) is 4.90 Å². The summed E-state index contributed by atoms with van der Waals surface area (Å²) in [5, 5.41) is 20.8. The lowest BCUT2D eigenvalue weighted by atomic mass is 10.0. The van der Waals surface area contributed by atoms with Gasteiger partial charge in [-0.25, -0.2) is 0 Å². The van der Waals surface area contributed by atoms with E-state index in [-0.39, 0.29) is 28.9 Å². The lowest BCUT2D eigenvalue weighted by molar-refractivity contribution is -0.384. The van der Waals surface area contributed by atoms with Gasteiger partial charge in [-0.2, -0.15) is 0 Å². The van der Waals surface area contributed by atoms with Gasteiger partial charge in [-0.3, -0.25) is 19.8 Å². The number of piperazine rings is 1. The average molecular weight is 319 g/mol. The molecule has 23 heavy (non-hydrogen) atoms. The quantitative estimate of drug-likeness (QED) is 0.680. The van der Waals surface area contributed by atoms with Gasteiger partial charge in [0.05, 0.1) is 16.6 Å². The van der Waals surface area contributed by atoms with E-state index in [0.717, 1.165) is 38.4 Å². The first-order valence-corrected chi connectivity index (χ1v) is 8.03. The zero-order chi connectivity index (χ0) is 16.6. The van der Waals surface area contributed by atoms with Gasteiger partial charge in [-0.05, 0) is 31.9 Å². The molecule has 1 amide bonds. The van der Waals surface area contributed by atoms with Gasteiger partial charge < -0.3 is 10.0 Å². The highest BCUT2D eigenvalue weighted by atomic mass is 16.6. The molecule has 1 N–H and O–H groups in total. The third-order valence-electron chi connectivity index (χ3n) is 4.95. The van der Waals surface area contributed by atoms with E-state index >= 15 is 0 Å². The summed E-state index contributed by atoms with van der Waals surface area (Å²) in [6, 6.07) is 4.16. The van der Waals surface area contributed by atoms with Crippen LogP contribution in [0, 0.1) is 10.1 Å². The van der Waals surface area contributed by atoms with Crippen molar-refractivity contribution in [1.29, 1.82) is 0 Å². The maximum atomic E-state index is 12.8. The second-order valence-electron chi connectivity index (χ2n) is 6.27. The van der Waals surface area contributed by atoms with E-state index in [1.54, 1.807) is 0 Å². The van der Waals surface area contributed by atoms with Crippen LogP contribution in [0.3, 0.4) is 0 Å². The van der Waals surface area contributed by atoms with Crippen molar-refractivity contribution in [2.45, 2.75) is 38.3 Å². The number of hydrogen-bond acceptors (Lipinski definition) is 5. The summed E-state index contributed by atoms with van der Waals surface area (Å²) in [7, 11) is 0. The second-order valence-corrected chi connectivity index (χ2v) is 6.27. The Balaban J connectivity index is 1.85. The second kappa shape index (κ2) is 6.16. The molecular formula is C16H21N3O4. The number of rotatable bonds is 3. The number of carbonyl (C=O) groups is 1. The van der Waals surface area contributed by atoms with Gasteiger partial charge in [0, 0.05) is 31.2 Å². The van der Waals surface area contributed by atoms with Crippen molar-refractivity contribution in [3.05, 3.63) is 33.9 Å². The van der Waals surface area contributed by atoms with E-state index < -0.39 is 4.92 Å². The number of nitro groups is 1. The minimum absolute atomic E-state index is 0.117. The van der Waals surface area contributed by atoms with Crippen LogP contribution in [0.4, 0.5) is 5.69 Å². The minimum Gasteiger partial charge on any atom is -0.507 e. The third kappa shape index (κ3) is 2.88. The summed E-state index contributed by atoms with van der Waals surface area (Å²) >= 11 is 0. The lowest BCUT2D eigenvalue weighted by Crippen LogP contribution is -2.57. The summed E-state index contributed by atoms with van der Waals surface area (Å²) in [6.45, 7) is 4.66. The number of non-ortho nitro benzene ring substituents is 1. The first kappa shape index (κ1) is 15.7. The molecule has 0 saturated carbocycles. The Morgan fingerprint density at radius 1 is 1.43 bits per heavy atom. The molecule has 124 valence electrons. The Kier molecular flexibility index (Phi) is 4.21. The largest absolute Gasteiger partial charge is 0.507 e. The van der Waals surface area contributed by atoms with Crippen molar-refractivity contribution in [2.75, 3.05) is 19.6 Å². The molecule has 2 aliphatic rings. The van der Waals surface area contributed by atoms with E-state index in [4.69, 9.17) is 0 Å². The summed E-state index contributed by atoms with van der Waals surface area (Å²) in [5.74, 6) is -0.566. The number of nitrogens with zero attached hydrogens (tertiary/aromatic N) is 3. The predicted molar refractivity (Wildman–Crippen MR) is 84.5 cm³/mol. The molecule has 2 aliphatic heterocycles. The predicted octanol–water partition coefficient (Wildman–Crippen LogP) is 2.00. The SMILES string of the molecule is CC[C@@H]1CN2CCC[C@H]2CN1C(=O)c1ccc([N+](=O)[O-])cc1O. The zero-order valence-corrected chi connectivity index (χ0v) is 13.1. The first-order chi connectivity index (χ1) is 11.0. The maximum Gasteiger partial charge on any atom is 0.273 e. The fourth-order valence-corrected chi connectivity index (χ4v) is 3.66. The molecule has 7 nitrogen and oxygen atoms in total. The van der Waals surface area contributed by atoms with Crippen LogP contribution in [-0.2, 0) is 0 Å². The average Bonchev–Trinajstić information content (AvgIpc) is 3.00. The van der Waals surface area contributed by atoms with Crippen LogP contribution in [0.1, 0.15) is 36.5 Å². The van der Waals surface area contributed by atoms with Crippen molar-refractivity contribution in [1.82, 2.24) is 9.80 Å². The van der Waals surface area contributed by atoms with Gasteiger partial charge in [0.2, 0.25) is 0 Å². The highest BCUT2D eigenvalue weighted by Gasteiger charge is 2.38. The van der Waals surface area contributed by atoms with Crippen molar-refractivity contribution in [2.24, 2.45) is 0 Å². The molecular weight excluding hydrogens is 298 g/mol. The van der Waals surface area contributed by atoms with Gasteiger partial charge in [0.15, 0.2) is 0 Å². The minimum atomic E-state index is -0.583. The van der Waals surface area contributed by atoms with Gasteiger partial charge in [-0.1, -0.05) is 6.92 Å². The van der Waals surface area contributed by atoms with Crippen molar-refractivity contribution in [3.8, 4) is 5.75 Å². The number of phenolic OH excluding ortho intramolecular Hbond substituents is 1. The Hall–Kier alpha value is -2.15. The molecule has 1 aromatic carbocycles. The molecule has 2 heterocycles. The first-order valence-electron chi connectivity index (χ1n) is 8.03. The zero-order valence-electron chi connectivity index (χ0n) is 13.1. The van der Waals surface area contributed by atoms with Crippen molar-refractivity contribution < 1.29 is 14.8 Å². The summed E-state index contributed by atoms with van der Waals surface area (Å²) in [6.07, 6.45) is 3.10. The van der Waals surface area contributed by atoms with Crippen molar-refractivity contribution >= 4 is 11.6 Å². The third-order valence-corrected chi connectivity index (χ3v) is 4.95. The monoisotopic (exact) mass is 319 g/mol. The van der Waals surface area contributed by atoms with Gasteiger partial charge in [0.25, 0.3) is 11.6 Å². The van der Waals surface area contributed by atoms with Crippen LogP contribution in [0.5, 0.6) is 5.75 Å². The number of fused-ring (bicyclic) bond motifs is 1. The topological polar surface area (TPSA) is 86.9 Å². The van der Waals surface area contributed by atoms with Gasteiger partial charge in [0.1, 0.15) is 5.75 Å². The molecule has 0 unspecified atom stereocenters. The number of phenols is 1. The molecule has 3 rings (SSSR count). The number of benzene rings is 1. The lowest BCUT2D eigenvalue weighted by Gasteiger charge is -2.43. The molecule has 1 aromatic rings. The van der Waals surface area contributed by atoms with Gasteiger partial charge >= 0.3 is 0 Å². The van der Waals surface area contributed by atoms with E-state index in [9.17, 15) is 20.0 Å². The smallest absolute Gasteiger partial charge is 0.273 e. The van der Waals surface area contributed by atoms with Crippen LogP contribution >= 0.6 is 0 Å². The van der Waals surface area contributed by atoms with Crippen LogP contribution in [-0.4, -0.2) is 57.5 Å². The standard InChI is InChI=1S/C16H21N3O4/c1-2-11-9-17-7-3-4-13(17)10-18(11)16(21)14-6-5-12(19(22)23)8-15(14)20/h5-6,8,11,13,20H,2-4,7,9-10H2,1H3/t11-,13+/m1/s1. The molecule has 0 bridgehead atoms. The van der Waals surface area contributed by atoms with Crippen LogP contribution < -0.4 is 0 Å². The number of hydrogen-bond donors (Lipinski definition) is 1. The number of nitro benzene ring substituents is 1. The normalized spacial score (nSPS) is 24.5.